The van der Waals surface area contributed by atoms with Gasteiger partial charge in [-0.1, -0.05) is 209 Å². The molecule has 2 atom stereocenters. The molecule has 0 bridgehead atoms. The first-order valence-corrected chi connectivity index (χ1v) is 26.5. The normalized spacial score (nSPS) is 13.4. The van der Waals surface area contributed by atoms with Crippen LogP contribution in [0, 0.1) is 0 Å². The number of allylic oxidation sites excluding steroid dienone is 12. The molecule has 0 radical (unpaired) electrons. The molecule has 2 unspecified atom stereocenters. The number of carboxylic acids is 1. The minimum absolute atomic E-state index is 0.0216. The van der Waals surface area contributed by atoms with Gasteiger partial charge in [0.05, 0.1) is 40.3 Å². The Kier molecular flexibility index (Phi) is 44.9. The zero-order chi connectivity index (χ0) is 47.7. The second-order valence-corrected chi connectivity index (χ2v) is 18.7. The highest BCUT2D eigenvalue weighted by molar-refractivity contribution is 5.70. The Morgan fingerprint density at radius 3 is 1.28 bits per heavy atom. The molecule has 65 heavy (non-hydrogen) atoms. The fourth-order valence-corrected chi connectivity index (χ4v) is 7.55. The predicted octanol–water partition coefficient (Wildman–Crippen LogP) is 14.1. The van der Waals surface area contributed by atoms with Crippen molar-refractivity contribution in [1.29, 1.82) is 0 Å². The first kappa shape index (κ1) is 61.8. The number of quaternary nitrogens is 1. The number of rotatable bonds is 47. The monoisotopic (exact) mass is 910 g/mol. The molecule has 0 aromatic rings. The van der Waals surface area contributed by atoms with Crippen LogP contribution >= 0.6 is 0 Å². The van der Waals surface area contributed by atoms with Crippen LogP contribution in [0.1, 0.15) is 219 Å². The summed E-state index contributed by atoms with van der Waals surface area (Å²) in [5, 5.41) is 11.7. The van der Waals surface area contributed by atoms with Crippen LogP contribution in [0.3, 0.4) is 0 Å². The molecule has 0 N–H and O–H groups in total. The van der Waals surface area contributed by atoms with Crippen molar-refractivity contribution in [3.05, 3.63) is 72.9 Å². The number of esters is 2. The molecule has 8 nitrogen and oxygen atoms in total. The van der Waals surface area contributed by atoms with Gasteiger partial charge in [-0.05, 0) is 64.2 Å². The van der Waals surface area contributed by atoms with Gasteiger partial charge in [-0.15, -0.1) is 0 Å². The third kappa shape index (κ3) is 45.7. The van der Waals surface area contributed by atoms with E-state index in [1.54, 1.807) is 21.1 Å². The molecule has 0 heterocycles. The van der Waals surface area contributed by atoms with E-state index in [0.29, 0.717) is 12.8 Å². The third-order valence-electron chi connectivity index (χ3n) is 11.6. The lowest BCUT2D eigenvalue weighted by Gasteiger charge is -2.34. The van der Waals surface area contributed by atoms with Crippen molar-refractivity contribution in [3.63, 3.8) is 0 Å². The van der Waals surface area contributed by atoms with E-state index in [1.165, 1.54) is 109 Å². The number of carbonyl (C=O) groups is 3. The predicted molar refractivity (Wildman–Crippen MR) is 272 cm³/mol. The van der Waals surface area contributed by atoms with Gasteiger partial charge in [-0.3, -0.25) is 9.59 Å². The number of unbranched alkanes of at least 4 members (excludes halogenated alkanes) is 21. The van der Waals surface area contributed by atoms with Crippen LogP contribution < -0.4 is 5.11 Å². The summed E-state index contributed by atoms with van der Waals surface area (Å²) in [4.78, 5) is 37.1. The van der Waals surface area contributed by atoms with Crippen molar-refractivity contribution in [2.24, 2.45) is 0 Å². The Morgan fingerprint density at radius 2 is 0.862 bits per heavy atom. The number of hydrogen-bond donors (Lipinski definition) is 0. The van der Waals surface area contributed by atoms with Gasteiger partial charge in [0.1, 0.15) is 12.6 Å². The van der Waals surface area contributed by atoms with Crippen LogP contribution in [-0.4, -0.2) is 75.5 Å². The molecular weight excluding hydrogens is 811 g/mol. The average Bonchev–Trinajstić information content (AvgIpc) is 3.27. The highest BCUT2D eigenvalue weighted by Crippen LogP contribution is 2.16. The third-order valence-corrected chi connectivity index (χ3v) is 11.6. The van der Waals surface area contributed by atoms with Gasteiger partial charge in [0.25, 0.3) is 0 Å². The Labute approximate surface area is 400 Å². The second kappa shape index (κ2) is 47.3. The van der Waals surface area contributed by atoms with Crippen molar-refractivity contribution in [3.8, 4) is 0 Å². The topological polar surface area (TPSA) is 102 Å². The van der Waals surface area contributed by atoms with Crippen LogP contribution in [0.25, 0.3) is 0 Å². The number of carboxylic acid groups (broad SMARTS) is 1. The molecule has 0 amide bonds. The summed E-state index contributed by atoms with van der Waals surface area (Å²) in [6.07, 6.45) is 60.8. The first-order valence-electron chi connectivity index (χ1n) is 26.5. The lowest BCUT2D eigenvalue weighted by Crippen LogP contribution is -2.55. The molecule has 0 aliphatic heterocycles. The van der Waals surface area contributed by atoms with Crippen molar-refractivity contribution in [2.45, 2.75) is 231 Å². The Morgan fingerprint density at radius 1 is 0.477 bits per heavy atom. The fourth-order valence-electron chi connectivity index (χ4n) is 7.55. The highest BCUT2D eigenvalue weighted by atomic mass is 16.6. The highest BCUT2D eigenvalue weighted by Gasteiger charge is 2.25. The van der Waals surface area contributed by atoms with E-state index in [4.69, 9.17) is 14.2 Å². The second-order valence-electron chi connectivity index (χ2n) is 18.7. The number of ether oxygens (including phenoxy) is 3. The number of carbonyl (C=O) groups excluding carboxylic acids is 3. The number of hydrogen-bond acceptors (Lipinski definition) is 7. The van der Waals surface area contributed by atoms with Crippen LogP contribution in [0.5, 0.6) is 0 Å². The first-order chi connectivity index (χ1) is 31.6. The van der Waals surface area contributed by atoms with Crippen LogP contribution in [0.2, 0.25) is 0 Å². The van der Waals surface area contributed by atoms with Gasteiger partial charge in [0, 0.05) is 19.3 Å². The van der Waals surface area contributed by atoms with Crippen molar-refractivity contribution in [2.75, 3.05) is 41.0 Å². The summed E-state index contributed by atoms with van der Waals surface area (Å²) in [6, 6.07) is -0.737. The molecule has 0 saturated heterocycles. The molecule has 8 heteroatoms. The molecule has 374 valence electrons. The summed E-state index contributed by atoms with van der Waals surface area (Å²) in [6.45, 7) is 4.52. The molecule has 0 fully saturated rings. The van der Waals surface area contributed by atoms with E-state index in [2.05, 4.69) is 86.8 Å². The zero-order valence-corrected chi connectivity index (χ0v) is 42.6. The van der Waals surface area contributed by atoms with Gasteiger partial charge >= 0.3 is 11.9 Å². The largest absolute Gasteiger partial charge is 0.544 e. The van der Waals surface area contributed by atoms with Crippen LogP contribution in [-0.2, 0) is 28.6 Å². The van der Waals surface area contributed by atoms with Crippen LogP contribution in [0.15, 0.2) is 72.9 Å². The number of aliphatic carboxylic acids is 1. The van der Waals surface area contributed by atoms with Gasteiger partial charge in [-0.25, -0.2) is 0 Å². The number of likely N-dealkylation sites (N-methyl/N-ethyl adjacent to an activating group) is 1. The molecule has 0 aromatic carbocycles. The zero-order valence-electron chi connectivity index (χ0n) is 42.6. The van der Waals surface area contributed by atoms with E-state index in [1.807, 2.05) is 0 Å². The minimum atomic E-state index is -1.13. The molecule has 0 spiro atoms. The summed E-state index contributed by atoms with van der Waals surface area (Å²) in [5.41, 5.74) is 0. The maximum Gasteiger partial charge on any atom is 0.306 e. The smallest absolute Gasteiger partial charge is 0.306 e. The average molecular weight is 910 g/mol. The van der Waals surface area contributed by atoms with Gasteiger partial charge in [0.2, 0.25) is 0 Å². The molecular formula is C57H99NO7. The standard InChI is InChI=1S/C57H99NO7/c1-6-8-10-12-14-16-18-20-22-24-26-28-30-32-34-36-38-40-42-44-46-48-56(60)65-53(51-63-50-49-54(57(61)62)58(3,4)5)52-64-55(59)47-45-43-41-39-37-35-33-31-29-27-25-23-21-19-17-15-13-11-9-7-2/h8,10,14,16,20,22,26,28,32,34,38,40,53-54H,6-7,9,11-13,15,17-19,21,23-25,27,29-31,33,35-37,39,41-52H2,1-5H3/b10-8+,16-14+,22-20+,28-26+,34-32+,40-38+. The molecule has 0 aromatic heterocycles. The Hall–Kier alpha value is -3.23. The van der Waals surface area contributed by atoms with Crippen molar-refractivity contribution >= 4 is 17.9 Å². The lowest BCUT2D eigenvalue weighted by atomic mass is 10.0. The van der Waals surface area contributed by atoms with E-state index >= 15 is 0 Å². The van der Waals surface area contributed by atoms with Gasteiger partial charge < -0.3 is 28.6 Å². The Bertz CT molecular complexity index is 1290. The molecule has 0 saturated carbocycles. The SMILES string of the molecule is CC/C=C/C/C=C/C/C=C/C/C=C/C/C=C/C/C=C/CCCCC(=O)OC(COCCC(C(=O)[O-])[N+](C)(C)C)COC(=O)CCCCCCCCCCCCCCCCCCCCCC. The number of nitrogens with zero attached hydrogens (tertiary/aromatic N) is 1. The fraction of sp³-hybridized carbons (Fsp3) is 0.737. The van der Waals surface area contributed by atoms with Gasteiger partial charge in [-0.2, -0.15) is 0 Å². The summed E-state index contributed by atoms with van der Waals surface area (Å²) in [7, 11) is 5.40. The van der Waals surface area contributed by atoms with E-state index in [9.17, 15) is 19.5 Å². The molecule has 0 rings (SSSR count). The maximum atomic E-state index is 12.8. The quantitative estimate of drug-likeness (QED) is 0.0259. The van der Waals surface area contributed by atoms with Crippen molar-refractivity contribution in [1.82, 2.24) is 0 Å². The van der Waals surface area contributed by atoms with Crippen molar-refractivity contribution < 1.29 is 38.2 Å². The molecule has 0 aliphatic rings. The van der Waals surface area contributed by atoms with Crippen LogP contribution in [0.4, 0.5) is 0 Å². The summed E-state index contributed by atoms with van der Waals surface area (Å²) < 4.78 is 17.2. The summed E-state index contributed by atoms with van der Waals surface area (Å²) in [5.74, 6) is -1.79. The van der Waals surface area contributed by atoms with E-state index in [0.717, 1.165) is 70.6 Å². The summed E-state index contributed by atoms with van der Waals surface area (Å²) >= 11 is 0. The molecule has 0 aliphatic carbocycles. The maximum absolute atomic E-state index is 12.8. The minimum Gasteiger partial charge on any atom is -0.544 e. The lowest BCUT2D eigenvalue weighted by molar-refractivity contribution is -0.889. The van der Waals surface area contributed by atoms with E-state index < -0.39 is 18.1 Å². The van der Waals surface area contributed by atoms with E-state index in [-0.39, 0.29) is 49.1 Å². The van der Waals surface area contributed by atoms with Gasteiger partial charge in [0.15, 0.2) is 6.10 Å². The Balaban J connectivity index is 4.31.